The quantitative estimate of drug-likeness (QED) is 0.566. The van der Waals surface area contributed by atoms with Crippen LogP contribution in [-0.2, 0) is 23.8 Å². The van der Waals surface area contributed by atoms with Gasteiger partial charge in [0.2, 0.25) is 5.91 Å². The summed E-state index contributed by atoms with van der Waals surface area (Å²) in [6.07, 6.45) is 5.08. The summed E-state index contributed by atoms with van der Waals surface area (Å²) in [5.74, 6) is -2.30. The number of hydrogen-bond donors (Lipinski definition) is 2. The predicted octanol–water partition coefficient (Wildman–Crippen LogP) is 3.64. The lowest BCUT2D eigenvalue weighted by atomic mass is 10.1. The molecule has 0 saturated heterocycles. The number of carbonyl (C=O) groups is 1. The zero-order valence-corrected chi connectivity index (χ0v) is 19.9. The van der Waals surface area contributed by atoms with E-state index in [0.29, 0.717) is 18.9 Å². The van der Waals surface area contributed by atoms with E-state index in [9.17, 15) is 13.6 Å². The largest absolute Gasteiger partial charge is 0.366 e. The summed E-state index contributed by atoms with van der Waals surface area (Å²) in [5.41, 5.74) is 3.86. The lowest BCUT2D eigenvalue weighted by Crippen LogP contribution is -2.44. The first-order valence-electron chi connectivity index (χ1n) is 10.3. The van der Waals surface area contributed by atoms with Crippen molar-refractivity contribution in [1.29, 1.82) is 0 Å². The summed E-state index contributed by atoms with van der Waals surface area (Å²) in [6.45, 7) is 5.48. The molecule has 1 amide bonds. The summed E-state index contributed by atoms with van der Waals surface area (Å²) >= 11 is 0. The molecule has 2 N–H and O–H groups in total. The predicted molar refractivity (Wildman–Crippen MR) is 128 cm³/mol. The number of anilines is 3. The van der Waals surface area contributed by atoms with Crippen LogP contribution in [0.5, 0.6) is 0 Å². The molecule has 0 aliphatic carbocycles. The third-order valence-electron chi connectivity index (χ3n) is 5.55. The van der Waals surface area contributed by atoms with Crippen LogP contribution in [0.15, 0.2) is 36.8 Å². The number of fused-ring (bicyclic) bond motifs is 1. The van der Waals surface area contributed by atoms with Crippen LogP contribution in [0.2, 0.25) is 0 Å². The number of nitrogens with zero attached hydrogens (tertiary/aromatic N) is 5. The second-order valence-corrected chi connectivity index (χ2v) is 8.10. The number of alkyl halides is 2. The van der Waals surface area contributed by atoms with Crippen LogP contribution in [0.1, 0.15) is 36.4 Å². The number of likely N-dealkylation sites (N-methyl/N-ethyl adjacent to an activating group) is 1. The molecule has 0 radical (unpaired) electrons. The van der Waals surface area contributed by atoms with Crippen molar-refractivity contribution in [3.63, 3.8) is 0 Å². The van der Waals surface area contributed by atoms with Gasteiger partial charge in [-0.3, -0.25) is 14.5 Å². The Labute approximate surface area is 197 Å². The number of nitrogens with one attached hydrogen (secondary N) is 2. The fraction of sp³-hybridized carbons (Fsp3) is 0.364. The lowest BCUT2D eigenvalue weighted by molar-refractivity contribution is -0.117. The second kappa shape index (κ2) is 9.34. The van der Waals surface area contributed by atoms with Gasteiger partial charge in [-0.05, 0) is 25.5 Å². The first-order chi connectivity index (χ1) is 15.1. The van der Waals surface area contributed by atoms with Crippen molar-refractivity contribution in [3.8, 4) is 0 Å². The average Bonchev–Trinajstić information content (AvgIpc) is 3.18. The van der Waals surface area contributed by atoms with Crippen molar-refractivity contribution >= 4 is 36.6 Å². The Morgan fingerprint density at radius 3 is 2.67 bits per heavy atom. The second-order valence-electron chi connectivity index (χ2n) is 8.10. The van der Waals surface area contributed by atoms with E-state index >= 15 is 0 Å². The molecular weight excluding hydrogens is 448 g/mol. The number of aromatic nitrogens is 4. The van der Waals surface area contributed by atoms with E-state index in [2.05, 4.69) is 25.7 Å². The van der Waals surface area contributed by atoms with Gasteiger partial charge in [0, 0.05) is 44.5 Å². The third-order valence-corrected chi connectivity index (χ3v) is 5.55. The molecule has 8 nitrogen and oxygen atoms in total. The molecule has 0 bridgehead atoms. The topological polar surface area (TPSA) is 88.0 Å². The van der Waals surface area contributed by atoms with Crippen molar-refractivity contribution in [3.05, 3.63) is 59.3 Å². The van der Waals surface area contributed by atoms with E-state index in [1.165, 1.54) is 12.3 Å². The van der Waals surface area contributed by atoms with Crippen molar-refractivity contribution < 1.29 is 13.6 Å². The maximum atomic E-state index is 13.3. The zero-order valence-electron chi connectivity index (χ0n) is 18.9. The molecule has 4 rings (SSSR count). The number of halogens is 2. The molecule has 1 aliphatic rings. The number of carbonyl (C=O) groups excluding carboxylic acids is 1. The van der Waals surface area contributed by atoms with Gasteiger partial charge >= 0.3 is 0 Å². The third kappa shape index (κ3) is 5.24. The average molecular weight is 476 g/mol. The summed E-state index contributed by atoms with van der Waals surface area (Å²) in [6, 6.07) is 4.63. The minimum Gasteiger partial charge on any atom is -0.366 e. The molecule has 176 valence electrons. The molecule has 0 spiro atoms. The summed E-state index contributed by atoms with van der Waals surface area (Å²) in [7, 11) is 1.89. The molecule has 1 atom stereocenters. The highest BCUT2D eigenvalue weighted by molar-refractivity contribution is 7.59. The standard InChI is InChI=1S/C22H25F2N7O.H2S/c1-13-20-17(30(4)14(2)21(32)29-20)7-19(28-13)26-9-16-10-27-31(12-16)11-15-5-6-18(25-8-15)22(3,23)24;/h5-8,10,12,14H,9,11H2,1-4H3,(H,26,28)(H,29,32);1H2/t14-;/m0./s1. The molecule has 0 unspecified atom stereocenters. The Bertz CT molecular complexity index is 1140. The summed E-state index contributed by atoms with van der Waals surface area (Å²) in [5, 5.41) is 10.6. The van der Waals surface area contributed by atoms with Gasteiger partial charge in [-0.1, -0.05) is 6.07 Å². The molecule has 0 aromatic carbocycles. The van der Waals surface area contributed by atoms with Gasteiger partial charge in [0.25, 0.3) is 5.92 Å². The molecule has 4 heterocycles. The molecule has 11 heteroatoms. The number of hydrogen-bond acceptors (Lipinski definition) is 6. The smallest absolute Gasteiger partial charge is 0.286 e. The van der Waals surface area contributed by atoms with Crippen LogP contribution >= 0.6 is 13.5 Å². The van der Waals surface area contributed by atoms with Crippen molar-refractivity contribution in [2.24, 2.45) is 0 Å². The highest BCUT2D eigenvalue weighted by Crippen LogP contribution is 2.35. The maximum absolute atomic E-state index is 13.3. The van der Waals surface area contributed by atoms with E-state index in [1.54, 1.807) is 16.9 Å². The van der Waals surface area contributed by atoms with Crippen LogP contribution in [0.4, 0.5) is 26.0 Å². The Balaban J connectivity index is 0.00000306. The molecule has 3 aromatic heterocycles. The fourth-order valence-corrected chi connectivity index (χ4v) is 3.53. The van der Waals surface area contributed by atoms with Gasteiger partial charge in [0.05, 0.1) is 29.8 Å². The van der Waals surface area contributed by atoms with Gasteiger partial charge in [-0.25, -0.2) is 4.98 Å². The van der Waals surface area contributed by atoms with Crippen LogP contribution in [0.25, 0.3) is 0 Å². The molecule has 0 saturated carbocycles. The van der Waals surface area contributed by atoms with E-state index in [4.69, 9.17) is 0 Å². The number of rotatable bonds is 6. The van der Waals surface area contributed by atoms with Crippen LogP contribution in [0, 0.1) is 6.92 Å². The van der Waals surface area contributed by atoms with E-state index in [1.807, 2.05) is 38.1 Å². The first-order valence-corrected chi connectivity index (χ1v) is 10.3. The minimum atomic E-state index is -2.95. The summed E-state index contributed by atoms with van der Waals surface area (Å²) in [4.78, 5) is 22.4. The monoisotopic (exact) mass is 475 g/mol. The Hall–Kier alpha value is -3.21. The zero-order chi connectivity index (χ0) is 23.0. The maximum Gasteiger partial charge on any atom is 0.286 e. The lowest BCUT2D eigenvalue weighted by Gasteiger charge is -2.34. The molecule has 1 aliphatic heterocycles. The fourth-order valence-electron chi connectivity index (χ4n) is 3.53. The first kappa shape index (κ1) is 24.4. The molecule has 33 heavy (non-hydrogen) atoms. The summed E-state index contributed by atoms with van der Waals surface area (Å²) < 4.78 is 28.3. The molecule has 0 fully saturated rings. The van der Waals surface area contributed by atoms with Gasteiger partial charge in [-0.2, -0.15) is 27.4 Å². The number of amides is 1. The Morgan fingerprint density at radius 2 is 2.00 bits per heavy atom. The van der Waals surface area contributed by atoms with E-state index in [-0.39, 0.29) is 31.1 Å². The van der Waals surface area contributed by atoms with Crippen molar-refractivity contribution in [2.45, 2.75) is 45.8 Å². The molecular formula is C22H27F2N7OS. The van der Waals surface area contributed by atoms with Crippen LogP contribution in [-0.4, -0.2) is 38.7 Å². The highest BCUT2D eigenvalue weighted by Gasteiger charge is 2.29. The normalized spacial score (nSPS) is 15.5. The SMILES string of the molecule is Cc1nc(NCc2cnn(Cc3ccc(C(C)(F)F)nc3)c2)cc2c1NC(=O)[C@H](C)N2C.S. The van der Waals surface area contributed by atoms with E-state index < -0.39 is 5.92 Å². The van der Waals surface area contributed by atoms with Crippen LogP contribution in [0.3, 0.4) is 0 Å². The van der Waals surface area contributed by atoms with Crippen molar-refractivity contribution in [1.82, 2.24) is 19.7 Å². The highest BCUT2D eigenvalue weighted by atomic mass is 32.1. The van der Waals surface area contributed by atoms with E-state index in [0.717, 1.165) is 35.1 Å². The minimum absolute atomic E-state index is 0. The van der Waals surface area contributed by atoms with Gasteiger partial charge in [-0.15, -0.1) is 0 Å². The number of aryl methyl sites for hydroxylation is 1. The Morgan fingerprint density at radius 1 is 1.24 bits per heavy atom. The molecule has 3 aromatic rings. The Kier molecular flexibility index (Phi) is 6.92. The number of pyridine rings is 2. The van der Waals surface area contributed by atoms with Crippen LogP contribution < -0.4 is 15.5 Å². The van der Waals surface area contributed by atoms with Gasteiger partial charge < -0.3 is 15.5 Å². The van der Waals surface area contributed by atoms with Crippen molar-refractivity contribution in [2.75, 3.05) is 22.6 Å². The van der Waals surface area contributed by atoms with Gasteiger partial charge in [0.15, 0.2) is 0 Å². The van der Waals surface area contributed by atoms with Gasteiger partial charge in [0.1, 0.15) is 17.6 Å².